The van der Waals surface area contributed by atoms with Gasteiger partial charge in [-0.25, -0.2) is 19.9 Å². The molecular weight excluding hydrogens is 486 g/mol. The lowest BCUT2D eigenvalue weighted by Gasteiger charge is -2.36. The molecule has 1 aromatic carbocycles. The van der Waals surface area contributed by atoms with Gasteiger partial charge in [0.05, 0.1) is 37.8 Å². The maximum atomic E-state index is 6.21. The van der Waals surface area contributed by atoms with Gasteiger partial charge in [0.1, 0.15) is 6.33 Å². The van der Waals surface area contributed by atoms with E-state index in [1.54, 1.807) is 38.7 Å². The third-order valence-corrected chi connectivity index (χ3v) is 7.25. The van der Waals surface area contributed by atoms with Gasteiger partial charge in [0.2, 0.25) is 17.8 Å². The molecule has 0 spiro atoms. The Morgan fingerprint density at radius 3 is 2.34 bits per heavy atom. The highest BCUT2D eigenvalue weighted by molar-refractivity contribution is 5.88. The number of anilines is 4. The van der Waals surface area contributed by atoms with E-state index >= 15 is 0 Å². The highest BCUT2D eigenvalue weighted by atomic mass is 16.5. The average molecular weight is 518 g/mol. The molecule has 0 amide bonds. The highest BCUT2D eigenvalue weighted by Crippen LogP contribution is 2.33. The lowest BCUT2D eigenvalue weighted by Crippen LogP contribution is -2.44. The number of methoxy groups -OCH3 is 2. The zero-order valence-corrected chi connectivity index (χ0v) is 21.5. The van der Waals surface area contributed by atoms with Gasteiger partial charge in [-0.2, -0.15) is 9.67 Å². The number of likely N-dealkylation sites (tertiary alicyclic amines) is 1. The van der Waals surface area contributed by atoms with Crippen LogP contribution in [0.1, 0.15) is 25.7 Å². The van der Waals surface area contributed by atoms with Gasteiger partial charge in [0.15, 0.2) is 17.3 Å². The number of hydrogen-bond acceptors (Lipinski definition) is 12. The minimum absolute atomic E-state index is 0.167. The molecule has 0 atom stereocenters. The van der Waals surface area contributed by atoms with E-state index in [1.165, 1.54) is 36.9 Å². The molecular formula is C25H31N11O2. The van der Waals surface area contributed by atoms with Crippen molar-refractivity contribution in [3.63, 3.8) is 0 Å². The summed E-state index contributed by atoms with van der Waals surface area (Å²) in [6.45, 7) is 4.43. The number of rotatable bonds is 7. The van der Waals surface area contributed by atoms with E-state index in [9.17, 15) is 0 Å². The van der Waals surface area contributed by atoms with E-state index in [0.717, 1.165) is 31.9 Å². The molecule has 2 fully saturated rings. The Labute approximate surface area is 220 Å². The molecule has 5 heterocycles. The van der Waals surface area contributed by atoms with Gasteiger partial charge in [-0.05, 0) is 44.8 Å². The summed E-state index contributed by atoms with van der Waals surface area (Å²) >= 11 is 0. The molecule has 3 aromatic heterocycles. The second-order valence-corrected chi connectivity index (χ2v) is 9.49. The molecule has 13 heteroatoms. The van der Waals surface area contributed by atoms with Gasteiger partial charge >= 0.3 is 0 Å². The molecule has 0 unspecified atom stereocenters. The monoisotopic (exact) mass is 517 g/mol. The highest BCUT2D eigenvalue weighted by Gasteiger charge is 2.27. The molecule has 6 rings (SSSR count). The molecule has 2 saturated heterocycles. The standard InChI is InChI=1S/C25H31N11O2/c1-37-20-11-18-19(12-21(20)38-2)29-15-30-22(18)36-23(26)32-24(33-36)31-16-13-27-25(28-14-16)35-9-5-17(6-10-35)34-7-3-4-8-34/h11-15,17H,3-10H2,1-2H3,(H3,26,31,32,33). The molecule has 38 heavy (non-hydrogen) atoms. The molecule has 0 bridgehead atoms. The van der Waals surface area contributed by atoms with Crippen LogP contribution >= 0.6 is 0 Å². The van der Waals surface area contributed by atoms with E-state index in [0.29, 0.717) is 45.9 Å². The summed E-state index contributed by atoms with van der Waals surface area (Å²) in [7, 11) is 3.15. The van der Waals surface area contributed by atoms with Crippen molar-refractivity contribution in [3.05, 3.63) is 30.9 Å². The Morgan fingerprint density at radius 2 is 1.63 bits per heavy atom. The average Bonchev–Trinajstić information content (AvgIpc) is 3.62. The van der Waals surface area contributed by atoms with Crippen LogP contribution in [-0.4, -0.2) is 86.0 Å². The first-order valence-electron chi connectivity index (χ1n) is 12.8. The molecule has 3 N–H and O–H groups in total. The third kappa shape index (κ3) is 4.60. The molecule has 0 radical (unpaired) electrons. The number of nitrogens with two attached hydrogens (primary N) is 1. The number of piperidine rings is 1. The number of nitrogens with zero attached hydrogens (tertiary/aromatic N) is 9. The van der Waals surface area contributed by atoms with E-state index in [-0.39, 0.29) is 5.95 Å². The summed E-state index contributed by atoms with van der Waals surface area (Å²) in [5.74, 6) is 2.80. The summed E-state index contributed by atoms with van der Waals surface area (Å²) in [5.41, 5.74) is 7.54. The predicted octanol–water partition coefficient (Wildman–Crippen LogP) is 2.41. The first-order chi connectivity index (χ1) is 18.6. The predicted molar refractivity (Wildman–Crippen MR) is 143 cm³/mol. The smallest absolute Gasteiger partial charge is 0.248 e. The molecule has 4 aromatic rings. The molecule has 0 aliphatic carbocycles. The van der Waals surface area contributed by atoms with Crippen LogP contribution in [0.25, 0.3) is 16.7 Å². The molecule has 0 saturated carbocycles. The van der Waals surface area contributed by atoms with Crippen LogP contribution < -0.4 is 25.4 Å². The fourth-order valence-electron chi connectivity index (χ4n) is 5.29. The Bertz CT molecular complexity index is 1410. The van der Waals surface area contributed by atoms with E-state index in [4.69, 9.17) is 15.2 Å². The van der Waals surface area contributed by atoms with Crippen LogP contribution in [0.3, 0.4) is 0 Å². The van der Waals surface area contributed by atoms with Crippen LogP contribution in [0.15, 0.2) is 30.9 Å². The Morgan fingerprint density at radius 1 is 0.921 bits per heavy atom. The summed E-state index contributed by atoms with van der Waals surface area (Å²) < 4.78 is 12.3. The summed E-state index contributed by atoms with van der Waals surface area (Å²) in [6.07, 6.45) is 9.89. The fraction of sp³-hybridized carbons (Fsp3) is 0.440. The van der Waals surface area contributed by atoms with Crippen molar-refractivity contribution in [1.29, 1.82) is 0 Å². The molecule has 2 aliphatic rings. The zero-order valence-electron chi connectivity index (χ0n) is 21.5. The van der Waals surface area contributed by atoms with Gasteiger partial charge in [-0.3, -0.25) is 0 Å². The van der Waals surface area contributed by atoms with Gasteiger partial charge < -0.3 is 30.3 Å². The summed E-state index contributed by atoms with van der Waals surface area (Å²) in [5, 5.41) is 8.34. The van der Waals surface area contributed by atoms with E-state index in [1.807, 2.05) is 0 Å². The molecule has 13 nitrogen and oxygen atoms in total. The lowest BCUT2D eigenvalue weighted by atomic mass is 10.0. The van der Waals surface area contributed by atoms with Crippen LogP contribution in [0.2, 0.25) is 0 Å². The lowest BCUT2D eigenvalue weighted by molar-refractivity contribution is 0.207. The quantitative estimate of drug-likeness (QED) is 0.371. The van der Waals surface area contributed by atoms with Gasteiger partial charge in [0.25, 0.3) is 0 Å². The Hall–Kier alpha value is -4.26. The van der Waals surface area contributed by atoms with Crippen LogP contribution in [0, 0.1) is 0 Å². The van der Waals surface area contributed by atoms with Gasteiger partial charge in [-0.15, -0.1) is 5.10 Å². The van der Waals surface area contributed by atoms with Crippen molar-refractivity contribution in [2.45, 2.75) is 31.7 Å². The van der Waals surface area contributed by atoms with Crippen molar-refractivity contribution in [1.82, 2.24) is 39.6 Å². The number of hydrogen-bond donors (Lipinski definition) is 2. The summed E-state index contributed by atoms with van der Waals surface area (Å²) in [4.78, 5) is 27.2. The number of aromatic nitrogens is 7. The second kappa shape index (κ2) is 10.2. The molecule has 198 valence electrons. The zero-order chi connectivity index (χ0) is 26.1. The van der Waals surface area contributed by atoms with Crippen LogP contribution in [0.5, 0.6) is 11.5 Å². The number of fused-ring (bicyclic) bond motifs is 1. The van der Waals surface area contributed by atoms with Gasteiger partial charge in [-0.1, -0.05) is 0 Å². The minimum Gasteiger partial charge on any atom is -0.493 e. The van der Waals surface area contributed by atoms with Crippen molar-refractivity contribution < 1.29 is 9.47 Å². The minimum atomic E-state index is 0.167. The van der Waals surface area contributed by atoms with Gasteiger partial charge in [0, 0.05) is 30.6 Å². The normalized spacial score (nSPS) is 16.7. The Balaban J connectivity index is 1.17. The van der Waals surface area contributed by atoms with Crippen molar-refractivity contribution in [2.24, 2.45) is 0 Å². The maximum absolute atomic E-state index is 6.21. The largest absolute Gasteiger partial charge is 0.493 e. The van der Waals surface area contributed by atoms with E-state index < -0.39 is 0 Å². The van der Waals surface area contributed by atoms with Crippen LogP contribution in [-0.2, 0) is 0 Å². The van der Waals surface area contributed by atoms with Crippen molar-refractivity contribution in [2.75, 3.05) is 56.3 Å². The van der Waals surface area contributed by atoms with Crippen LogP contribution in [0.4, 0.5) is 23.5 Å². The number of nitrogens with one attached hydrogen (secondary N) is 1. The van der Waals surface area contributed by atoms with Crippen molar-refractivity contribution >= 4 is 34.4 Å². The molecule has 2 aliphatic heterocycles. The number of nitrogen functional groups attached to an aromatic ring is 1. The van der Waals surface area contributed by atoms with E-state index in [2.05, 4.69) is 45.1 Å². The number of ether oxygens (including phenoxy) is 2. The Kier molecular flexibility index (Phi) is 6.50. The third-order valence-electron chi connectivity index (χ3n) is 7.25. The number of benzene rings is 1. The SMILES string of the molecule is COc1cc2ncnc(-n3nc(Nc4cnc(N5CCC(N6CCCC6)CC5)nc4)nc3N)c2cc1OC. The second-order valence-electron chi connectivity index (χ2n) is 9.49. The summed E-state index contributed by atoms with van der Waals surface area (Å²) in [6, 6.07) is 4.26. The first kappa shape index (κ1) is 24.1. The van der Waals surface area contributed by atoms with Crippen molar-refractivity contribution in [3.8, 4) is 17.3 Å². The maximum Gasteiger partial charge on any atom is 0.248 e. The topological polar surface area (TPSA) is 145 Å². The first-order valence-corrected chi connectivity index (χ1v) is 12.8. The fourth-order valence-corrected chi connectivity index (χ4v) is 5.29.